The summed E-state index contributed by atoms with van der Waals surface area (Å²) >= 11 is 0. The highest BCUT2D eigenvalue weighted by atomic mass is 16.1. The Morgan fingerprint density at radius 1 is 0.920 bits per heavy atom. The minimum Gasteiger partial charge on any atom is -0.298 e. The van der Waals surface area contributed by atoms with Crippen LogP contribution in [0.5, 0.6) is 0 Å². The minimum absolute atomic E-state index is 0.257. The molecule has 4 aliphatic heterocycles. The van der Waals surface area contributed by atoms with Crippen molar-refractivity contribution in [1.29, 1.82) is 0 Å². The van der Waals surface area contributed by atoms with E-state index in [1.807, 2.05) is 6.07 Å². The summed E-state index contributed by atoms with van der Waals surface area (Å²) < 4.78 is 0. The van der Waals surface area contributed by atoms with Crippen LogP contribution in [0.3, 0.4) is 0 Å². The maximum Gasteiger partial charge on any atom is 0.154 e. The average molecular weight is 332 g/mol. The summed E-state index contributed by atoms with van der Waals surface area (Å²) in [5.74, 6) is 0.446. The molecule has 2 atom stereocenters. The molecule has 2 aromatic carbocycles. The van der Waals surface area contributed by atoms with Crippen LogP contribution in [0.25, 0.3) is 0 Å². The largest absolute Gasteiger partial charge is 0.298 e. The Balaban J connectivity index is 1.61. The highest BCUT2D eigenvalue weighted by Gasteiger charge is 2.64. The first kappa shape index (κ1) is 15.3. The van der Waals surface area contributed by atoms with Crippen molar-refractivity contribution in [3.8, 4) is 0 Å². The zero-order valence-corrected chi connectivity index (χ0v) is 14.9. The van der Waals surface area contributed by atoms with E-state index in [4.69, 9.17) is 0 Å². The van der Waals surface area contributed by atoms with E-state index in [-0.39, 0.29) is 10.8 Å². The molecule has 0 N–H and O–H groups in total. The van der Waals surface area contributed by atoms with Gasteiger partial charge in [0.25, 0.3) is 0 Å². The van der Waals surface area contributed by atoms with Gasteiger partial charge in [0, 0.05) is 26.2 Å². The quantitative estimate of drug-likeness (QED) is 0.844. The van der Waals surface area contributed by atoms with E-state index < -0.39 is 0 Å². The van der Waals surface area contributed by atoms with E-state index in [0.717, 1.165) is 26.2 Å². The zero-order chi connectivity index (χ0) is 17.2. The van der Waals surface area contributed by atoms with Crippen LogP contribution in [0.2, 0.25) is 0 Å². The predicted molar refractivity (Wildman–Crippen MR) is 98.3 cm³/mol. The fourth-order valence-corrected chi connectivity index (χ4v) is 5.57. The molecule has 3 heteroatoms. The standard InChI is InChI=1S/C22H24N2O/c1-16-7-6-8-17(11-16)19-23-12-21(2)13-24(19)15-22(14-23,20(21)25)18-9-4-3-5-10-18/h3-11,19H,12-15H2,1-2H3. The molecule has 2 aromatic rings. The lowest BCUT2D eigenvalue weighted by Gasteiger charge is -2.65. The summed E-state index contributed by atoms with van der Waals surface area (Å²) in [6.07, 6.45) is 0.304. The van der Waals surface area contributed by atoms with E-state index >= 15 is 0 Å². The lowest BCUT2D eigenvalue weighted by atomic mass is 9.58. The van der Waals surface area contributed by atoms with E-state index in [2.05, 4.69) is 72.2 Å². The maximum atomic E-state index is 13.5. The first-order valence-corrected chi connectivity index (χ1v) is 9.17. The highest BCUT2D eigenvalue weighted by Crippen LogP contribution is 2.53. The number of nitrogens with zero attached hydrogens (tertiary/aromatic N) is 2. The third-order valence-electron chi connectivity index (χ3n) is 6.39. The lowest BCUT2D eigenvalue weighted by molar-refractivity contribution is -0.185. The Bertz CT molecular complexity index is 828. The number of Topliss-reactive ketones (excluding diaryl/α,β-unsaturated/α-hetero) is 1. The molecule has 4 aliphatic rings. The van der Waals surface area contributed by atoms with Crippen LogP contribution >= 0.6 is 0 Å². The Morgan fingerprint density at radius 2 is 1.60 bits per heavy atom. The van der Waals surface area contributed by atoms with E-state index in [9.17, 15) is 4.79 Å². The molecule has 0 aliphatic carbocycles. The number of carbonyl (C=O) groups is 1. The number of hydrogen-bond acceptors (Lipinski definition) is 3. The predicted octanol–water partition coefficient (Wildman–Crippen LogP) is 3.15. The molecule has 6 rings (SSSR count). The van der Waals surface area contributed by atoms with Crippen LogP contribution in [0, 0.1) is 12.3 Å². The molecular formula is C22H24N2O. The molecule has 3 nitrogen and oxygen atoms in total. The first-order valence-electron chi connectivity index (χ1n) is 9.17. The average Bonchev–Trinajstić information content (AvgIpc) is 2.59. The molecular weight excluding hydrogens is 308 g/mol. The van der Waals surface area contributed by atoms with Gasteiger partial charge in [-0.15, -0.1) is 0 Å². The second-order valence-corrected chi connectivity index (χ2v) is 8.44. The number of carbonyl (C=O) groups excluding carboxylic acids is 1. The van der Waals surface area contributed by atoms with Gasteiger partial charge in [0.2, 0.25) is 0 Å². The summed E-state index contributed by atoms with van der Waals surface area (Å²) in [5, 5.41) is 0. The van der Waals surface area contributed by atoms with Gasteiger partial charge >= 0.3 is 0 Å². The number of hydrogen-bond donors (Lipinski definition) is 0. The molecule has 25 heavy (non-hydrogen) atoms. The third-order valence-corrected chi connectivity index (χ3v) is 6.39. The third kappa shape index (κ3) is 2.03. The second kappa shape index (κ2) is 5.03. The molecule has 4 heterocycles. The molecule has 0 spiro atoms. The normalized spacial score (nSPS) is 39.0. The van der Waals surface area contributed by atoms with Gasteiger partial charge in [-0.05, 0) is 18.1 Å². The zero-order valence-electron chi connectivity index (χ0n) is 14.9. The van der Waals surface area contributed by atoms with Gasteiger partial charge in [0.15, 0.2) is 5.78 Å². The molecule has 2 unspecified atom stereocenters. The van der Waals surface area contributed by atoms with E-state index in [0.29, 0.717) is 11.9 Å². The van der Waals surface area contributed by atoms with Gasteiger partial charge in [-0.3, -0.25) is 14.6 Å². The SMILES string of the molecule is Cc1cccc(C2N3CC4(C)CN2CC(c2ccccc2)(C3)C4=O)c1. The number of rotatable bonds is 2. The summed E-state index contributed by atoms with van der Waals surface area (Å²) in [7, 11) is 0. The van der Waals surface area contributed by atoms with Crippen molar-refractivity contribution in [3.63, 3.8) is 0 Å². The topological polar surface area (TPSA) is 23.6 Å². The Kier molecular flexibility index (Phi) is 3.08. The molecule has 0 radical (unpaired) electrons. The summed E-state index contributed by atoms with van der Waals surface area (Å²) in [6.45, 7) is 7.73. The molecule has 4 fully saturated rings. The van der Waals surface area contributed by atoms with Gasteiger partial charge < -0.3 is 0 Å². The maximum absolute atomic E-state index is 13.5. The van der Waals surface area contributed by atoms with Crippen molar-refractivity contribution < 1.29 is 4.79 Å². The molecule has 128 valence electrons. The summed E-state index contributed by atoms with van der Waals surface area (Å²) in [6, 6.07) is 19.3. The van der Waals surface area contributed by atoms with Gasteiger partial charge in [-0.25, -0.2) is 0 Å². The highest BCUT2D eigenvalue weighted by molar-refractivity contribution is 5.97. The summed E-state index contributed by atoms with van der Waals surface area (Å²) in [5.41, 5.74) is 3.22. The molecule has 4 saturated heterocycles. The van der Waals surface area contributed by atoms with Gasteiger partial charge in [-0.1, -0.05) is 67.1 Å². The van der Waals surface area contributed by atoms with Gasteiger partial charge in [0.1, 0.15) is 0 Å². The van der Waals surface area contributed by atoms with Crippen molar-refractivity contribution in [2.45, 2.75) is 25.4 Å². The van der Waals surface area contributed by atoms with Crippen molar-refractivity contribution in [2.24, 2.45) is 5.41 Å². The molecule has 0 amide bonds. The fraction of sp³-hybridized carbons (Fsp3) is 0.409. The lowest BCUT2D eigenvalue weighted by Crippen LogP contribution is -2.77. The van der Waals surface area contributed by atoms with Crippen molar-refractivity contribution in [2.75, 3.05) is 26.2 Å². The van der Waals surface area contributed by atoms with Crippen LogP contribution in [-0.4, -0.2) is 41.8 Å². The first-order chi connectivity index (χ1) is 12.0. The Hall–Kier alpha value is -1.97. The van der Waals surface area contributed by atoms with Crippen LogP contribution in [-0.2, 0) is 10.2 Å². The molecule has 0 saturated carbocycles. The fourth-order valence-electron chi connectivity index (χ4n) is 5.57. The van der Waals surface area contributed by atoms with Crippen LogP contribution in [0.15, 0.2) is 54.6 Å². The molecule has 4 bridgehead atoms. The van der Waals surface area contributed by atoms with Crippen LogP contribution < -0.4 is 0 Å². The Labute approximate surface area is 149 Å². The van der Waals surface area contributed by atoms with Crippen molar-refractivity contribution >= 4 is 5.78 Å². The van der Waals surface area contributed by atoms with E-state index in [1.165, 1.54) is 16.7 Å². The number of piperidine rings is 2. The smallest absolute Gasteiger partial charge is 0.154 e. The van der Waals surface area contributed by atoms with Crippen molar-refractivity contribution in [3.05, 3.63) is 71.3 Å². The second-order valence-electron chi connectivity index (χ2n) is 8.44. The minimum atomic E-state index is -0.368. The van der Waals surface area contributed by atoms with Crippen LogP contribution in [0.1, 0.15) is 29.8 Å². The van der Waals surface area contributed by atoms with Crippen molar-refractivity contribution in [1.82, 2.24) is 9.80 Å². The van der Waals surface area contributed by atoms with Gasteiger partial charge in [-0.2, -0.15) is 0 Å². The number of ketones is 1. The molecule has 0 aromatic heterocycles. The number of aryl methyl sites for hydroxylation is 1. The van der Waals surface area contributed by atoms with Gasteiger partial charge in [0.05, 0.1) is 17.0 Å². The van der Waals surface area contributed by atoms with Crippen LogP contribution in [0.4, 0.5) is 0 Å². The number of benzene rings is 2. The van der Waals surface area contributed by atoms with E-state index in [1.54, 1.807) is 0 Å². The summed E-state index contributed by atoms with van der Waals surface area (Å²) in [4.78, 5) is 18.5. The Morgan fingerprint density at radius 3 is 2.24 bits per heavy atom. The monoisotopic (exact) mass is 332 g/mol.